The zero-order chi connectivity index (χ0) is 15.7. The zero-order valence-corrected chi connectivity index (χ0v) is 13.5. The fraction of sp³-hybridized carbons (Fsp3) is 0.533. The number of rotatable bonds is 9. The molecule has 4 N–H and O–H groups in total. The van der Waals surface area contributed by atoms with E-state index in [1.165, 1.54) is 0 Å². The van der Waals surface area contributed by atoms with Crippen LogP contribution in [-0.2, 0) is 6.54 Å². The van der Waals surface area contributed by atoms with Crippen molar-refractivity contribution < 1.29 is 5.21 Å². The van der Waals surface area contributed by atoms with E-state index in [1.54, 1.807) is 12.1 Å². The van der Waals surface area contributed by atoms with Crippen LogP contribution in [0.25, 0.3) is 0 Å². The lowest BCUT2D eigenvalue weighted by Gasteiger charge is -2.17. The topological polar surface area (TPSA) is 73.9 Å². The molecule has 0 aliphatic heterocycles. The molecule has 0 aliphatic rings. The largest absolute Gasteiger partial charge is 0.409 e. The van der Waals surface area contributed by atoms with Crippen molar-refractivity contribution in [2.24, 2.45) is 10.9 Å². The summed E-state index contributed by atoms with van der Waals surface area (Å²) in [6.07, 6.45) is 1.11. The van der Waals surface area contributed by atoms with E-state index < -0.39 is 0 Å². The molecule has 0 saturated carbocycles. The van der Waals surface area contributed by atoms with Gasteiger partial charge in [0.2, 0.25) is 0 Å². The highest BCUT2D eigenvalue weighted by Crippen LogP contribution is 2.17. The summed E-state index contributed by atoms with van der Waals surface area (Å²) < 4.78 is 0. The molecule has 0 bridgehead atoms. The number of hydrogen-bond donors (Lipinski definition) is 3. The van der Waals surface area contributed by atoms with Crippen LogP contribution in [0.1, 0.15) is 31.4 Å². The van der Waals surface area contributed by atoms with Crippen LogP contribution in [0, 0.1) is 0 Å². The van der Waals surface area contributed by atoms with Crippen molar-refractivity contribution in [2.75, 3.05) is 26.2 Å². The van der Waals surface area contributed by atoms with Gasteiger partial charge in [-0.2, -0.15) is 0 Å². The Kier molecular flexibility index (Phi) is 8.12. The second-order valence-electron chi connectivity index (χ2n) is 4.85. The molecule has 0 atom stereocenters. The molecule has 0 fully saturated rings. The predicted molar refractivity (Wildman–Crippen MR) is 88.1 cm³/mol. The molecule has 0 unspecified atom stereocenters. The van der Waals surface area contributed by atoms with Gasteiger partial charge < -0.3 is 21.2 Å². The number of benzene rings is 1. The third-order valence-electron chi connectivity index (χ3n) is 3.49. The first-order chi connectivity index (χ1) is 10.1. The van der Waals surface area contributed by atoms with Gasteiger partial charge >= 0.3 is 0 Å². The number of amidine groups is 1. The Hall–Kier alpha value is -1.30. The standard InChI is InChI=1S/C15H25ClN4O/c1-3-20(4-2)9-5-8-18-11-13-7-6-12(10-14(13)16)15(17)19-21/h6-7,10,18,21H,3-5,8-9,11H2,1-2H3,(H2,17,19). The average molecular weight is 313 g/mol. The quantitative estimate of drug-likeness (QED) is 0.215. The number of nitrogens with one attached hydrogen (secondary N) is 1. The Bertz CT molecular complexity index is 461. The molecular formula is C15H25ClN4O. The van der Waals surface area contributed by atoms with Crippen LogP contribution in [-0.4, -0.2) is 42.1 Å². The fourth-order valence-corrected chi connectivity index (χ4v) is 2.35. The second kappa shape index (κ2) is 9.60. The lowest BCUT2D eigenvalue weighted by Crippen LogP contribution is -2.27. The Balaban J connectivity index is 2.39. The molecule has 0 heterocycles. The molecule has 1 rings (SSSR count). The molecule has 0 aromatic heterocycles. The summed E-state index contributed by atoms with van der Waals surface area (Å²) in [6.45, 7) is 9.33. The van der Waals surface area contributed by atoms with E-state index in [-0.39, 0.29) is 5.84 Å². The fourth-order valence-electron chi connectivity index (χ4n) is 2.10. The summed E-state index contributed by atoms with van der Waals surface area (Å²) in [5, 5.41) is 15.6. The third-order valence-corrected chi connectivity index (χ3v) is 3.85. The molecule has 0 saturated heterocycles. The van der Waals surface area contributed by atoms with E-state index in [2.05, 4.69) is 29.2 Å². The first-order valence-electron chi connectivity index (χ1n) is 7.31. The molecule has 1 aromatic rings. The minimum Gasteiger partial charge on any atom is -0.409 e. The van der Waals surface area contributed by atoms with Gasteiger partial charge in [-0.3, -0.25) is 0 Å². The predicted octanol–water partition coefficient (Wildman–Crippen LogP) is 2.26. The van der Waals surface area contributed by atoms with Crippen molar-refractivity contribution in [2.45, 2.75) is 26.8 Å². The van der Waals surface area contributed by atoms with Crippen molar-refractivity contribution in [1.82, 2.24) is 10.2 Å². The number of oxime groups is 1. The highest BCUT2D eigenvalue weighted by atomic mass is 35.5. The van der Waals surface area contributed by atoms with Gasteiger partial charge in [-0.1, -0.05) is 42.7 Å². The number of hydrogen-bond acceptors (Lipinski definition) is 4. The summed E-state index contributed by atoms with van der Waals surface area (Å²) in [4.78, 5) is 2.40. The van der Waals surface area contributed by atoms with Crippen molar-refractivity contribution in [3.63, 3.8) is 0 Å². The van der Waals surface area contributed by atoms with E-state index in [1.807, 2.05) is 6.07 Å². The van der Waals surface area contributed by atoms with Gasteiger partial charge in [0.1, 0.15) is 0 Å². The van der Waals surface area contributed by atoms with Crippen LogP contribution in [0.15, 0.2) is 23.4 Å². The maximum atomic E-state index is 8.64. The Labute approximate surface area is 131 Å². The van der Waals surface area contributed by atoms with E-state index in [4.69, 9.17) is 22.5 Å². The van der Waals surface area contributed by atoms with E-state index in [0.717, 1.165) is 38.2 Å². The first kappa shape index (κ1) is 17.8. The molecule has 21 heavy (non-hydrogen) atoms. The molecule has 0 amide bonds. The van der Waals surface area contributed by atoms with Gasteiger partial charge in [-0.05, 0) is 44.2 Å². The van der Waals surface area contributed by atoms with Gasteiger partial charge in [-0.25, -0.2) is 0 Å². The van der Waals surface area contributed by atoms with Gasteiger partial charge in [0, 0.05) is 17.1 Å². The van der Waals surface area contributed by atoms with E-state index in [0.29, 0.717) is 17.1 Å². The van der Waals surface area contributed by atoms with Crippen molar-refractivity contribution in [3.05, 3.63) is 34.3 Å². The molecule has 0 radical (unpaired) electrons. The van der Waals surface area contributed by atoms with Crippen LogP contribution in [0.2, 0.25) is 5.02 Å². The molecule has 0 spiro atoms. The number of nitrogens with zero attached hydrogens (tertiary/aromatic N) is 2. The SMILES string of the molecule is CCN(CC)CCCNCc1ccc(/C(N)=N/O)cc1Cl. The summed E-state index contributed by atoms with van der Waals surface area (Å²) in [7, 11) is 0. The van der Waals surface area contributed by atoms with Crippen molar-refractivity contribution >= 4 is 17.4 Å². The lowest BCUT2D eigenvalue weighted by atomic mass is 10.1. The zero-order valence-electron chi connectivity index (χ0n) is 12.8. The summed E-state index contributed by atoms with van der Waals surface area (Å²) >= 11 is 6.20. The van der Waals surface area contributed by atoms with Crippen LogP contribution in [0.4, 0.5) is 0 Å². The van der Waals surface area contributed by atoms with Crippen LogP contribution in [0.3, 0.4) is 0 Å². The molecule has 6 heteroatoms. The number of halogens is 1. The third kappa shape index (κ3) is 5.91. The molecule has 5 nitrogen and oxygen atoms in total. The monoisotopic (exact) mass is 312 g/mol. The van der Waals surface area contributed by atoms with Gasteiger partial charge in [0.15, 0.2) is 5.84 Å². The first-order valence-corrected chi connectivity index (χ1v) is 7.69. The van der Waals surface area contributed by atoms with E-state index >= 15 is 0 Å². The molecule has 1 aromatic carbocycles. The van der Waals surface area contributed by atoms with Crippen LogP contribution >= 0.6 is 11.6 Å². The van der Waals surface area contributed by atoms with Crippen LogP contribution < -0.4 is 11.1 Å². The molecular weight excluding hydrogens is 288 g/mol. The minimum atomic E-state index is 0.0654. The summed E-state index contributed by atoms with van der Waals surface area (Å²) in [6, 6.07) is 5.41. The maximum absolute atomic E-state index is 8.64. The average Bonchev–Trinajstić information content (AvgIpc) is 2.51. The van der Waals surface area contributed by atoms with Gasteiger partial charge in [0.25, 0.3) is 0 Å². The smallest absolute Gasteiger partial charge is 0.170 e. The maximum Gasteiger partial charge on any atom is 0.170 e. The normalized spacial score (nSPS) is 12.1. The van der Waals surface area contributed by atoms with Gasteiger partial charge in [-0.15, -0.1) is 0 Å². The van der Waals surface area contributed by atoms with Crippen LogP contribution in [0.5, 0.6) is 0 Å². The molecule has 118 valence electrons. The van der Waals surface area contributed by atoms with Crippen molar-refractivity contribution in [1.29, 1.82) is 0 Å². The highest BCUT2D eigenvalue weighted by molar-refractivity contribution is 6.31. The second-order valence-corrected chi connectivity index (χ2v) is 5.26. The lowest BCUT2D eigenvalue weighted by molar-refractivity contribution is 0.298. The minimum absolute atomic E-state index is 0.0654. The Morgan fingerprint density at radius 1 is 1.38 bits per heavy atom. The number of nitrogens with two attached hydrogens (primary N) is 1. The van der Waals surface area contributed by atoms with E-state index in [9.17, 15) is 0 Å². The summed E-state index contributed by atoms with van der Waals surface area (Å²) in [5.74, 6) is 0.0654. The highest BCUT2D eigenvalue weighted by Gasteiger charge is 2.05. The van der Waals surface area contributed by atoms with Gasteiger partial charge in [0.05, 0.1) is 0 Å². The van der Waals surface area contributed by atoms with Crippen molar-refractivity contribution in [3.8, 4) is 0 Å². The Morgan fingerprint density at radius 3 is 2.67 bits per heavy atom. The summed E-state index contributed by atoms with van der Waals surface area (Å²) in [5.41, 5.74) is 7.16. The molecule has 0 aliphatic carbocycles. The Morgan fingerprint density at radius 2 is 2.10 bits per heavy atom.